The summed E-state index contributed by atoms with van der Waals surface area (Å²) in [5.74, 6) is -0.0365. The van der Waals surface area contributed by atoms with Crippen LogP contribution in [0.15, 0.2) is 30.6 Å². The Morgan fingerprint density at radius 3 is 2.57 bits per heavy atom. The summed E-state index contributed by atoms with van der Waals surface area (Å²) in [4.78, 5) is 41.3. The van der Waals surface area contributed by atoms with Gasteiger partial charge in [-0.2, -0.15) is 0 Å². The van der Waals surface area contributed by atoms with Gasteiger partial charge in [-0.1, -0.05) is 32.9 Å². The number of carbonyl (C=O) groups excluding carboxylic acids is 2. The predicted molar refractivity (Wildman–Crippen MR) is 111 cm³/mol. The van der Waals surface area contributed by atoms with Crippen molar-refractivity contribution >= 4 is 17.8 Å². The van der Waals surface area contributed by atoms with E-state index >= 15 is 0 Å². The fraction of sp³-hybridized carbons (Fsp3) is 0.636. The molecule has 4 aliphatic heterocycles. The molecule has 2 bridgehead atoms. The topological polar surface area (TPSA) is 78.9 Å². The Kier molecular flexibility index (Phi) is 4.39. The standard InChI is InChI=1S/C22H29N5O3/c1-21(2,3)13-27-14-22-6-5-15(30-22)16(17(22)19(27)29)18(28)25-9-11-26(12-10-25)20-23-7-4-8-24-20/h4-8,15-17H,9-14H2,1-3H3/t15-,16+,17-,22-/m0/s1. The van der Waals surface area contributed by atoms with E-state index in [0.29, 0.717) is 45.2 Å². The summed E-state index contributed by atoms with van der Waals surface area (Å²) >= 11 is 0. The summed E-state index contributed by atoms with van der Waals surface area (Å²) in [7, 11) is 0. The highest BCUT2D eigenvalue weighted by atomic mass is 16.5. The molecule has 5 rings (SSSR count). The fourth-order valence-electron chi connectivity index (χ4n) is 5.36. The quantitative estimate of drug-likeness (QED) is 0.690. The third-order valence-electron chi connectivity index (χ3n) is 6.56. The van der Waals surface area contributed by atoms with Gasteiger partial charge in [0, 0.05) is 45.1 Å². The lowest BCUT2D eigenvalue weighted by molar-refractivity contribution is -0.143. The Morgan fingerprint density at radius 1 is 1.20 bits per heavy atom. The largest absolute Gasteiger partial charge is 0.360 e. The monoisotopic (exact) mass is 411 g/mol. The molecule has 3 fully saturated rings. The van der Waals surface area contributed by atoms with Gasteiger partial charge < -0.3 is 19.4 Å². The first-order valence-electron chi connectivity index (χ1n) is 10.7. The molecule has 8 nitrogen and oxygen atoms in total. The highest BCUT2D eigenvalue weighted by molar-refractivity contribution is 5.93. The normalized spacial score (nSPS) is 32.8. The van der Waals surface area contributed by atoms with Gasteiger partial charge in [0.05, 0.1) is 24.5 Å². The molecule has 8 heteroatoms. The Morgan fingerprint density at radius 2 is 1.90 bits per heavy atom. The van der Waals surface area contributed by atoms with Gasteiger partial charge in [-0.25, -0.2) is 9.97 Å². The van der Waals surface area contributed by atoms with Crippen LogP contribution < -0.4 is 4.90 Å². The lowest BCUT2D eigenvalue weighted by Crippen LogP contribution is -2.53. The van der Waals surface area contributed by atoms with E-state index in [-0.39, 0.29) is 23.3 Å². The van der Waals surface area contributed by atoms with E-state index in [1.165, 1.54) is 0 Å². The number of hydrogen-bond donors (Lipinski definition) is 0. The number of fused-ring (bicyclic) bond motifs is 1. The maximum atomic E-state index is 13.5. The maximum Gasteiger partial charge on any atom is 0.230 e. The molecule has 0 radical (unpaired) electrons. The Hall–Kier alpha value is -2.48. The van der Waals surface area contributed by atoms with E-state index < -0.39 is 17.4 Å². The molecule has 1 aromatic heterocycles. The number of rotatable bonds is 3. The molecule has 4 atom stereocenters. The summed E-state index contributed by atoms with van der Waals surface area (Å²) in [5, 5.41) is 0. The summed E-state index contributed by atoms with van der Waals surface area (Å²) in [6.45, 7) is 10.2. The predicted octanol–water partition coefficient (Wildman–Crippen LogP) is 0.953. The number of piperazine rings is 1. The number of anilines is 1. The summed E-state index contributed by atoms with van der Waals surface area (Å²) in [5.41, 5.74) is -0.630. The van der Waals surface area contributed by atoms with E-state index in [4.69, 9.17) is 4.74 Å². The SMILES string of the molecule is CC(C)(C)CN1C[C@]23C=C[C@H](O2)[C@@H](C(=O)N2CCN(c4ncccn4)CC2)[C@H]3C1=O. The van der Waals surface area contributed by atoms with Crippen LogP contribution >= 0.6 is 0 Å². The molecule has 30 heavy (non-hydrogen) atoms. The van der Waals surface area contributed by atoms with Crippen LogP contribution in [0.3, 0.4) is 0 Å². The zero-order chi connectivity index (χ0) is 21.1. The second-order valence-corrected chi connectivity index (χ2v) is 10.0. The molecule has 4 aliphatic rings. The second-order valence-electron chi connectivity index (χ2n) is 10.0. The van der Waals surface area contributed by atoms with Gasteiger partial charge in [0.1, 0.15) is 5.60 Å². The van der Waals surface area contributed by atoms with Crippen molar-refractivity contribution in [1.82, 2.24) is 19.8 Å². The van der Waals surface area contributed by atoms with Gasteiger partial charge in [0.25, 0.3) is 0 Å². The molecule has 0 aromatic carbocycles. The maximum absolute atomic E-state index is 13.5. The minimum absolute atomic E-state index is 0.00198. The fourth-order valence-corrected chi connectivity index (χ4v) is 5.36. The first kappa shape index (κ1) is 19.5. The average Bonchev–Trinajstić information content (AvgIpc) is 3.35. The van der Waals surface area contributed by atoms with Crippen LogP contribution in [0.5, 0.6) is 0 Å². The molecule has 5 heterocycles. The van der Waals surface area contributed by atoms with Crippen LogP contribution in [0.2, 0.25) is 0 Å². The van der Waals surface area contributed by atoms with Crippen LogP contribution in [-0.2, 0) is 14.3 Å². The van der Waals surface area contributed by atoms with Crippen molar-refractivity contribution in [2.24, 2.45) is 17.3 Å². The summed E-state index contributed by atoms with van der Waals surface area (Å²) < 4.78 is 6.26. The van der Waals surface area contributed by atoms with E-state index in [9.17, 15) is 9.59 Å². The number of nitrogens with zero attached hydrogens (tertiary/aromatic N) is 5. The first-order chi connectivity index (χ1) is 14.3. The molecule has 3 saturated heterocycles. The van der Waals surface area contributed by atoms with E-state index in [1.807, 2.05) is 22.0 Å². The van der Waals surface area contributed by atoms with Gasteiger partial charge in [-0.3, -0.25) is 9.59 Å². The summed E-state index contributed by atoms with van der Waals surface area (Å²) in [6, 6.07) is 1.79. The first-order valence-corrected chi connectivity index (χ1v) is 10.7. The van der Waals surface area contributed by atoms with Gasteiger partial charge in [-0.15, -0.1) is 0 Å². The molecule has 0 N–H and O–H groups in total. The van der Waals surface area contributed by atoms with Crippen molar-refractivity contribution in [3.8, 4) is 0 Å². The van der Waals surface area contributed by atoms with Gasteiger partial charge in [-0.05, 0) is 11.5 Å². The molecule has 1 aromatic rings. The third kappa shape index (κ3) is 3.09. The molecule has 1 spiro atoms. The number of likely N-dealkylation sites (tertiary alicyclic amines) is 1. The minimum atomic E-state index is -0.632. The molecular weight excluding hydrogens is 382 g/mol. The number of ether oxygens (including phenoxy) is 1. The number of hydrogen-bond acceptors (Lipinski definition) is 6. The van der Waals surface area contributed by atoms with E-state index in [0.717, 1.165) is 0 Å². The van der Waals surface area contributed by atoms with Gasteiger partial charge in [0.2, 0.25) is 17.8 Å². The molecule has 160 valence electrons. The smallest absolute Gasteiger partial charge is 0.230 e. The zero-order valence-corrected chi connectivity index (χ0v) is 17.8. The average molecular weight is 412 g/mol. The number of aromatic nitrogens is 2. The van der Waals surface area contributed by atoms with Crippen LogP contribution in [0.4, 0.5) is 5.95 Å². The lowest BCUT2D eigenvalue weighted by Gasteiger charge is -2.37. The Labute approximate surface area is 176 Å². The Balaban J connectivity index is 1.30. The summed E-state index contributed by atoms with van der Waals surface area (Å²) in [6.07, 6.45) is 7.18. The second kappa shape index (κ2) is 6.77. The number of carbonyl (C=O) groups is 2. The minimum Gasteiger partial charge on any atom is -0.360 e. The van der Waals surface area contributed by atoms with Crippen molar-refractivity contribution in [3.63, 3.8) is 0 Å². The van der Waals surface area contributed by atoms with Crippen LogP contribution in [0.25, 0.3) is 0 Å². The number of amides is 2. The molecular formula is C22H29N5O3. The molecule has 0 saturated carbocycles. The van der Waals surface area contributed by atoms with Crippen molar-refractivity contribution < 1.29 is 14.3 Å². The van der Waals surface area contributed by atoms with E-state index in [2.05, 4.69) is 35.6 Å². The van der Waals surface area contributed by atoms with Crippen molar-refractivity contribution in [2.45, 2.75) is 32.5 Å². The van der Waals surface area contributed by atoms with Crippen LogP contribution in [-0.4, -0.2) is 82.6 Å². The highest BCUT2D eigenvalue weighted by Gasteiger charge is 2.67. The molecule has 2 amide bonds. The van der Waals surface area contributed by atoms with Crippen molar-refractivity contribution in [3.05, 3.63) is 30.6 Å². The highest BCUT2D eigenvalue weighted by Crippen LogP contribution is 2.52. The van der Waals surface area contributed by atoms with Crippen LogP contribution in [0, 0.1) is 17.3 Å². The van der Waals surface area contributed by atoms with Crippen LogP contribution in [0.1, 0.15) is 20.8 Å². The van der Waals surface area contributed by atoms with Crippen molar-refractivity contribution in [2.75, 3.05) is 44.2 Å². The lowest BCUT2D eigenvalue weighted by atomic mass is 9.76. The van der Waals surface area contributed by atoms with Gasteiger partial charge >= 0.3 is 0 Å². The Bertz CT molecular complexity index is 875. The van der Waals surface area contributed by atoms with Crippen molar-refractivity contribution in [1.29, 1.82) is 0 Å². The molecule has 0 unspecified atom stereocenters. The van der Waals surface area contributed by atoms with Gasteiger partial charge in [0.15, 0.2) is 0 Å². The third-order valence-corrected chi connectivity index (χ3v) is 6.56. The zero-order valence-electron chi connectivity index (χ0n) is 17.8. The molecule has 0 aliphatic carbocycles. The van der Waals surface area contributed by atoms with E-state index in [1.54, 1.807) is 18.5 Å².